The molecule has 0 saturated carbocycles. The number of aryl methyl sites for hydroxylation is 2. The smallest absolute Gasteiger partial charge is 0.259 e. The third-order valence-corrected chi connectivity index (χ3v) is 5.45. The number of nitrogens with one attached hydrogen (secondary N) is 1. The summed E-state index contributed by atoms with van der Waals surface area (Å²) < 4.78 is 3.35. The van der Waals surface area contributed by atoms with Crippen molar-refractivity contribution in [1.29, 1.82) is 0 Å². The van der Waals surface area contributed by atoms with Crippen molar-refractivity contribution < 1.29 is 14.7 Å². The van der Waals surface area contributed by atoms with E-state index in [0.29, 0.717) is 29.0 Å². The minimum absolute atomic E-state index is 0.285. The number of rotatable bonds is 6. The fraction of sp³-hybridized carbons (Fsp3) is 0.261. The number of benzene rings is 1. The first kappa shape index (κ1) is 22.3. The molecular formula is C23H25N10O2+. The minimum atomic E-state index is -0.874. The lowest BCUT2D eigenvalue weighted by atomic mass is 10.1. The van der Waals surface area contributed by atoms with Crippen LogP contribution in [0.4, 0.5) is 5.69 Å². The fourth-order valence-electron chi connectivity index (χ4n) is 3.75. The molecule has 0 aliphatic heterocycles. The summed E-state index contributed by atoms with van der Waals surface area (Å²) >= 11 is 0. The molecular weight excluding hydrogens is 448 g/mol. The molecule has 5 aromatic rings. The van der Waals surface area contributed by atoms with Gasteiger partial charge in [-0.1, -0.05) is 6.07 Å². The second-order valence-corrected chi connectivity index (χ2v) is 9.04. The standard InChI is InChI=1S/C23H24N10O2/c1-15-5-6-18(33-28-27-30(4)29-33)10-20(15)26-22(34)19-12-25-32-8-7-16(9-21(19)32)17-11-24-31(13-17)14-23(2,3)35/h5-13,35H,14H2,1-4H3/p+1. The van der Waals surface area contributed by atoms with E-state index in [2.05, 4.69) is 31.2 Å². The Morgan fingerprint density at radius 3 is 2.71 bits per heavy atom. The normalized spacial score (nSPS) is 11.8. The average molecular weight is 474 g/mol. The summed E-state index contributed by atoms with van der Waals surface area (Å²) in [4.78, 5) is 16.0. The molecule has 0 radical (unpaired) electrons. The SMILES string of the molecule is Cc1ccc(-n2nn[n+](C)n2)cc1NC(=O)c1cnn2ccc(-c3cnn(CC(C)(C)O)c3)cc12. The molecule has 0 spiro atoms. The Bertz CT molecular complexity index is 1540. The van der Waals surface area contributed by atoms with Gasteiger partial charge >= 0.3 is 0 Å². The summed E-state index contributed by atoms with van der Waals surface area (Å²) in [6.45, 7) is 5.75. The molecule has 0 aliphatic rings. The zero-order chi connectivity index (χ0) is 24.7. The molecule has 178 valence electrons. The zero-order valence-corrected chi connectivity index (χ0v) is 19.8. The second kappa shape index (κ2) is 8.40. The van der Waals surface area contributed by atoms with E-state index in [1.54, 1.807) is 54.7 Å². The van der Waals surface area contributed by atoms with Gasteiger partial charge in [0.05, 0.1) is 40.8 Å². The summed E-state index contributed by atoms with van der Waals surface area (Å²) in [6, 6.07) is 9.34. The fourth-order valence-corrected chi connectivity index (χ4v) is 3.75. The van der Waals surface area contributed by atoms with Gasteiger partial charge in [0.1, 0.15) is 12.3 Å². The van der Waals surface area contributed by atoms with Crippen LogP contribution in [-0.4, -0.2) is 56.4 Å². The number of aromatic nitrogens is 9. The van der Waals surface area contributed by atoms with Gasteiger partial charge < -0.3 is 10.4 Å². The van der Waals surface area contributed by atoms with Crippen LogP contribution in [-0.2, 0) is 13.6 Å². The molecule has 0 bridgehead atoms. The van der Waals surface area contributed by atoms with Gasteiger partial charge in [0.2, 0.25) is 0 Å². The highest BCUT2D eigenvalue weighted by atomic mass is 16.3. The van der Waals surface area contributed by atoms with Gasteiger partial charge in [0.25, 0.3) is 5.91 Å². The van der Waals surface area contributed by atoms with E-state index in [9.17, 15) is 9.90 Å². The lowest BCUT2D eigenvalue weighted by molar-refractivity contribution is -0.787. The predicted octanol–water partition coefficient (Wildman–Crippen LogP) is 1.33. The van der Waals surface area contributed by atoms with Crippen molar-refractivity contribution in [2.45, 2.75) is 32.9 Å². The summed E-state index contributed by atoms with van der Waals surface area (Å²) in [7, 11) is 1.68. The third-order valence-electron chi connectivity index (χ3n) is 5.45. The Morgan fingerprint density at radius 2 is 1.97 bits per heavy atom. The lowest BCUT2D eigenvalue weighted by Crippen LogP contribution is -2.34. The molecule has 12 heteroatoms. The Balaban J connectivity index is 1.43. The van der Waals surface area contributed by atoms with Crippen molar-refractivity contribution in [1.82, 2.24) is 39.8 Å². The maximum absolute atomic E-state index is 13.2. The molecule has 0 atom stereocenters. The van der Waals surface area contributed by atoms with Gasteiger partial charge in [-0.15, -0.1) is 0 Å². The van der Waals surface area contributed by atoms with Crippen molar-refractivity contribution in [3.8, 4) is 16.8 Å². The second-order valence-electron chi connectivity index (χ2n) is 9.04. The number of carbonyl (C=O) groups excluding carboxylic acids is 1. The van der Waals surface area contributed by atoms with Gasteiger partial charge in [-0.05, 0) is 54.9 Å². The van der Waals surface area contributed by atoms with Crippen LogP contribution < -0.4 is 10.1 Å². The number of carbonyl (C=O) groups is 1. The van der Waals surface area contributed by atoms with E-state index in [4.69, 9.17) is 0 Å². The largest absolute Gasteiger partial charge is 0.389 e. The maximum Gasteiger partial charge on any atom is 0.259 e. The topological polar surface area (TPSA) is 132 Å². The maximum atomic E-state index is 13.2. The molecule has 0 fully saturated rings. The molecule has 0 aliphatic carbocycles. The first-order chi connectivity index (χ1) is 16.7. The van der Waals surface area contributed by atoms with Crippen LogP contribution >= 0.6 is 0 Å². The first-order valence-electron chi connectivity index (χ1n) is 11.0. The molecule has 0 unspecified atom stereocenters. The van der Waals surface area contributed by atoms with E-state index in [-0.39, 0.29) is 5.91 Å². The number of nitrogens with zero attached hydrogens (tertiary/aromatic N) is 9. The molecule has 1 aromatic carbocycles. The van der Waals surface area contributed by atoms with Crippen molar-refractivity contribution in [2.75, 3.05) is 5.32 Å². The first-order valence-corrected chi connectivity index (χ1v) is 11.0. The van der Waals surface area contributed by atoms with Crippen molar-refractivity contribution in [2.24, 2.45) is 7.05 Å². The number of pyridine rings is 1. The molecule has 4 heterocycles. The molecule has 2 N–H and O–H groups in total. The van der Waals surface area contributed by atoms with E-state index in [0.717, 1.165) is 16.7 Å². The van der Waals surface area contributed by atoms with Crippen LogP contribution in [0.5, 0.6) is 0 Å². The monoisotopic (exact) mass is 473 g/mol. The number of amides is 1. The van der Waals surface area contributed by atoms with Crippen LogP contribution in [0.1, 0.15) is 29.8 Å². The van der Waals surface area contributed by atoms with E-state index >= 15 is 0 Å². The van der Waals surface area contributed by atoms with E-state index < -0.39 is 5.60 Å². The number of anilines is 1. The summed E-state index contributed by atoms with van der Waals surface area (Å²) in [5.74, 6) is -0.285. The van der Waals surface area contributed by atoms with E-state index in [1.807, 2.05) is 37.4 Å². The Morgan fingerprint density at radius 1 is 1.14 bits per heavy atom. The van der Waals surface area contributed by atoms with Crippen LogP contribution in [0.25, 0.3) is 22.3 Å². The Labute approximate surface area is 200 Å². The minimum Gasteiger partial charge on any atom is -0.389 e. The summed E-state index contributed by atoms with van der Waals surface area (Å²) in [5.41, 5.74) is 4.18. The highest BCUT2D eigenvalue weighted by molar-refractivity contribution is 6.09. The van der Waals surface area contributed by atoms with Crippen LogP contribution in [0.3, 0.4) is 0 Å². The third kappa shape index (κ3) is 4.64. The van der Waals surface area contributed by atoms with Crippen LogP contribution in [0, 0.1) is 6.92 Å². The van der Waals surface area contributed by atoms with Crippen LogP contribution in [0.2, 0.25) is 0 Å². The molecule has 0 saturated heterocycles. The highest BCUT2D eigenvalue weighted by Crippen LogP contribution is 2.24. The number of hydrogen-bond acceptors (Lipinski definition) is 7. The Hall–Kier alpha value is -4.45. The molecule has 12 nitrogen and oxygen atoms in total. The Kier molecular flexibility index (Phi) is 5.36. The average Bonchev–Trinajstić information content (AvgIpc) is 3.53. The summed E-state index contributed by atoms with van der Waals surface area (Å²) in [5, 5.41) is 33.6. The van der Waals surface area contributed by atoms with Crippen molar-refractivity contribution in [3.63, 3.8) is 0 Å². The molecule has 5 rings (SSSR count). The number of hydrogen-bond donors (Lipinski definition) is 2. The lowest BCUT2D eigenvalue weighted by Gasteiger charge is -2.16. The van der Waals surface area contributed by atoms with Gasteiger partial charge in [0.15, 0.2) is 10.9 Å². The van der Waals surface area contributed by atoms with E-state index in [1.165, 1.54) is 9.59 Å². The van der Waals surface area contributed by atoms with Gasteiger partial charge in [-0.2, -0.15) is 10.2 Å². The number of aliphatic hydroxyl groups is 1. The highest BCUT2D eigenvalue weighted by Gasteiger charge is 2.18. The molecule has 4 aromatic heterocycles. The zero-order valence-electron chi connectivity index (χ0n) is 19.8. The van der Waals surface area contributed by atoms with Gasteiger partial charge in [0, 0.05) is 34.5 Å². The van der Waals surface area contributed by atoms with Gasteiger partial charge in [-0.3, -0.25) is 9.48 Å². The number of fused-ring (bicyclic) bond motifs is 1. The molecule has 35 heavy (non-hydrogen) atoms. The molecule has 1 amide bonds. The van der Waals surface area contributed by atoms with Gasteiger partial charge in [-0.25, -0.2) is 4.52 Å². The summed E-state index contributed by atoms with van der Waals surface area (Å²) in [6.07, 6.45) is 6.95. The predicted molar refractivity (Wildman–Crippen MR) is 126 cm³/mol. The van der Waals surface area contributed by atoms with Crippen molar-refractivity contribution in [3.05, 3.63) is 66.2 Å². The quantitative estimate of drug-likeness (QED) is 0.356. The van der Waals surface area contributed by atoms with Crippen molar-refractivity contribution >= 4 is 17.1 Å². The van der Waals surface area contributed by atoms with Crippen LogP contribution in [0.15, 0.2) is 55.1 Å².